The normalized spacial score (nSPS) is 39.6. The summed E-state index contributed by atoms with van der Waals surface area (Å²) in [5.41, 5.74) is 6.18. The second-order valence-electron chi connectivity index (χ2n) is 5.28. The van der Waals surface area contributed by atoms with E-state index in [4.69, 9.17) is 5.73 Å². The summed E-state index contributed by atoms with van der Waals surface area (Å²) in [4.78, 5) is 4.98. The Labute approximate surface area is 87.2 Å². The predicted molar refractivity (Wildman–Crippen MR) is 59.3 cm³/mol. The molecule has 2 unspecified atom stereocenters. The van der Waals surface area contributed by atoms with Crippen LogP contribution in [0.5, 0.6) is 0 Å². The zero-order valence-electron chi connectivity index (χ0n) is 9.66. The summed E-state index contributed by atoms with van der Waals surface area (Å²) >= 11 is 0. The van der Waals surface area contributed by atoms with Crippen LogP contribution in [0.15, 0.2) is 0 Å². The van der Waals surface area contributed by atoms with E-state index < -0.39 is 0 Å². The maximum absolute atomic E-state index is 5.95. The standard InChI is InChI=1S/C11H23N3/c1-9-6-11(7-12,13(2)3)8-14(9)10-4-5-10/h9-10H,4-8,12H2,1-3H3. The van der Waals surface area contributed by atoms with Crippen LogP contribution in [0.1, 0.15) is 26.2 Å². The van der Waals surface area contributed by atoms with Crippen LogP contribution in [-0.2, 0) is 0 Å². The van der Waals surface area contributed by atoms with E-state index in [-0.39, 0.29) is 5.54 Å². The molecule has 0 aromatic heterocycles. The minimum atomic E-state index is 0.238. The zero-order valence-corrected chi connectivity index (χ0v) is 9.66. The molecule has 82 valence electrons. The van der Waals surface area contributed by atoms with Crippen LogP contribution in [0.2, 0.25) is 0 Å². The molecule has 3 nitrogen and oxygen atoms in total. The molecule has 2 fully saturated rings. The van der Waals surface area contributed by atoms with E-state index in [1.807, 2.05) is 0 Å². The average Bonchev–Trinajstić information content (AvgIpc) is 2.91. The number of hydrogen-bond acceptors (Lipinski definition) is 3. The molecule has 14 heavy (non-hydrogen) atoms. The lowest BCUT2D eigenvalue weighted by Crippen LogP contribution is -2.52. The lowest BCUT2D eigenvalue weighted by atomic mass is 9.95. The zero-order chi connectivity index (χ0) is 10.3. The van der Waals surface area contributed by atoms with E-state index in [0.29, 0.717) is 6.04 Å². The van der Waals surface area contributed by atoms with Gasteiger partial charge in [0.25, 0.3) is 0 Å². The molecule has 1 aliphatic heterocycles. The second-order valence-corrected chi connectivity index (χ2v) is 5.28. The van der Waals surface area contributed by atoms with Crippen molar-refractivity contribution in [3.05, 3.63) is 0 Å². The van der Waals surface area contributed by atoms with Gasteiger partial charge in [-0.25, -0.2) is 0 Å². The lowest BCUT2D eigenvalue weighted by Gasteiger charge is -2.35. The molecule has 0 amide bonds. The Morgan fingerprint density at radius 3 is 2.43 bits per heavy atom. The highest BCUT2D eigenvalue weighted by atomic mass is 15.3. The predicted octanol–water partition coefficient (Wildman–Crippen LogP) is 0.502. The van der Waals surface area contributed by atoms with E-state index in [2.05, 4.69) is 30.8 Å². The maximum atomic E-state index is 5.95. The monoisotopic (exact) mass is 197 g/mol. The third-order valence-corrected chi connectivity index (χ3v) is 4.06. The van der Waals surface area contributed by atoms with Crippen LogP contribution in [-0.4, -0.2) is 54.6 Å². The van der Waals surface area contributed by atoms with Crippen molar-refractivity contribution in [1.82, 2.24) is 9.80 Å². The summed E-state index contributed by atoms with van der Waals surface area (Å²) in [6.45, 7) is 4.30. The van der Waals surface area contributed by atoms with E-state index in [1.54, 1.807) is 0 Å². The summed E-state index contributed by atoms with van der Waals surface area (Å²) in [5.74, 6) is 0. The number of nitrogens with zero attached hydrogens (tertiary/aromatic N) is 2. The van der Waals surface area contributed by atoms with Crippen molar-refractivity contribution in [3.8, 4) is 0 Å². The van der Waals surface area contributed by atoms with Crippen molar-refractivity contribution in [1.29, 1.82) is 0 Å². The molecule has 0 aromatic carbocycles. The van der Waals surface area contributed by atoms with Crippen LogP contribution >= 0.6 is 0 Å². The van der Waals surface area contributed by atoms with Crippen molar-refractivity contribution < 1.29 is 0 Å². The van der Waals surface area contributed by atoms with Crippen LogP contribution in [0, 0.1) is 0 Å². The molecule has 2 atom stereocenters. The van der Waals surface area contributed by atoms with Gasteiger partial charge in [0.2, 0.25) is 0 Å². The summed E-state index contributed by atoms with van der Waals surface area (Å²) in [5, 5.41) is 0. The second kappa shape index (κ2) is 3.47. The van der Waals surface area contributed by atoms with Crippen molar-refractivity contribution in [2.24, 2.45) is 5.73 Å². The fourth-order valence-corrected chi connectivity index (χ4v) is 2.78. The average molecular weight is 197 g/mol. The highest BCUT2D eigenvalue weighted by Gasteiger charge is 2.47. The first-order valence-corrected chi connectivity index (χ1v) is 5.72. The molecule has 2 aliphatic rings. The number of likely N-dealkylation sites (N-methyl/N-ethyl adjacent to an activating group) is 1. The van der Waals surface area contributed by atoms with Crippen molar-refractivity contribution >= 4 is 0 Å². The van der Waals surface area contributed by atoms with Gasteiger partial charge in [-0.15, -0.1) is 0 Å². The quantitative estimate of drug-likeness (QED) is 0.715. The Bertz CT molecular complexity index is 213. The van der Waals surface area contributed by atoms with Gasteiger partial charge in [0.1, 0.15) is 0 Å². The third-order valence-electron chi connectivity index (χ3n) is 4.06. The third kappa shape index (κ3) is 1.58. The van der Waals surface area contributed by atoms with E-state index in [1.165, 1.54) is 25.8 Å². The highest BCUT2D eigenvalue weighted by Crippen LogP contribution is 2.38. The highest BCUT2D eigenvalue weighted by molar-refractivity contribution is 5.05. The SMILES string of the molecule is CC1CC(CN)(N(C)C)CN1C1CC1. The van der Waals surface area contributed by atoms with Crippen LogP contribution in [0.3, 0.4) is 0 Å². The van der Waals surface area contributed by atoms with Gasteiger partial charge >= 0.3 is 0 Å². The summed E-state index contributed by atoms with van der Waals surface area (Å²) in [6.07, 6.45) is 4.03. The molecular formula is C11H23N3. The molecule has 0 bridgehead atoms. The topological polar surface area (TPSA) is 32.5 Å². The first-order valence-electron chi connectivity index (χ1n) is 5.72. The smallest absolute Gasteiger partial charge is 0.0467 e. The molecule has 0 aromatic rings. The van der Waals surface area contributed by atoms with Gasteiger partial charge in [-0.3, -0.25) is 4.90 Å². The largest absolute Gasteiger partial charge is 0.329 e. The van der Waals surface area contributed by atoms with Crippen LogP contribution in [0.4, 0.5) is 0 Å². The van der Waals surface area contributed by atoms with Gasteiger partial charge in [0.15, 0.2) is 0 Å². The molecule has 2 N–H and O–H groups in total. The van der Waals surface area contributed by atoms with Gasteiger partial charge in [-0.2, -0.15) is 0 Å². The minimum absolute atomic E-state index is 0.238. The summed E-state index contributed by atoms with van der Waals surface area (Å²) in [7, 11) is 4.33. The Kier molecular flexibility index (Phi) is 2.58. The molecule has 2 rings (SSSR count). The van der Waals surface area contributed by atoms with Crippen LogP contribution in [0.25, 0.3) is 0 Å². The van der Waals surface area contributed by atoms with Gasteiger partial charge in [-0.05, 0) is 40.3 Å². The van der Waals surface area contributed by atoms with E-state index >= 15 is 0 Å². The molecule has 3 heteroatoms. The Balaban J connectivity index is 2.08. The van der Waals surface area contributed by atoms with Gasteiger partial charge in [-0.1, -0.05) is 0 Å². The molecule has 1 heterocycles. The lowest BCUT2D eigenvalue weighted by molar-refractivity contribution is 0.158. The first kappa shape index (κ1) is 10.4. The minimum Gasteiger partial charge on any atom is -0.329 e. The molecular weight excluding hydrogens is 174 g/mol. The van der Waals surface area contributed by atoms with Crippen LogP contribution < -0.4 is 5.73 Å². The molecule has 1 saturated heterocycles. The Morgan fingerprint density at radius 1 is 1.43 bits per heavy atom. The number of nitrogens with two attached hydrogens (primary N) is 1. The molecule has 0 spiro atoms. The van der Waals surface area contributed by atoms with Gasteiger partial charge < -0.3 is 10.6 Å². The first-order chi connectivity index (χ1) is 6.59. The number of hydrogen-bond donors (Lipinski definition) is 1. The molecule has 1 saturated carbocycles. The maximum Gasteiger partial charge on any atom is 0.0467 e. The fourth-order valence-electron chi connectivity index (χ4n) is 2.78. The molecule has 1 aliphatic carbocycles. The Morgan fingerprint density at radius 2 is 2.07 bits per heavy atom. The van der Waals surface area contributed by atoms with Crippen molar-refractivity contribution in [2.45, 2.75) is 43.8 Å². The number of likely N-dealkylation sites (tertiary alicyclic amines) is 1. The van der Waals surface area contributed by atoms with Crippen molar-refractivity contribution in [3.63, 3.8) is 0 Å². The van der Waals surface area contributed by atoms with Gasteiger partial charge in [0, 0.05) is 30.7 Å². The summed E-state index contributed by atoms with van der Waals surface area (Å²) in [6, 6.07) is 1.59. The van der Waals surface area contributed by atoms with E-state index in [0.717, 1.165) is 12.6 Å². The van der Waals surface area contributed by atoms with Crippen molar-refractivity contribution in [2.75, 3.05) is 27.2 Å². The molecule has 0 radical (unpaired) electrons. The summed E-state index contributed by atoms with van der Waals surface area (Å²) < 4.78 is 0. The Hall–Kier alpha value is -0.120. The number of rotatable bonds is 3. The van der Waals surface area contributed by atoms with Gasteiger partial charge in [0.05, 0.1) is 0 Å². The van der Waals surface area contributed by atoms with E-state index in [9.17, 15) is 0 Å². The fraction of sp³-hybridized carbons (Fsp3) is 1.00.